The molecule has 1 aliphatic rings. The van der Waals surface area contributed by atoms with Crippen molar-refractivity contribution in [1.82, 2.24) is 0 Å². The highest BCUT2D eigenvalue weighted by atomic mass is 19.4. The van der Waals surface area contributed by atoms with E-state index in [-0.39, 0.29) is 23.7 Å². The van der Waals surface area contributed by atoms with Crippen LogP contribution in [0.1, 0.15) is 5.56 Å². The molecule has 1 aromatic carbocycles. The highest BCUT2D eigenvalue weighted by molar-refractivity contribution is 5.98. The van der Waals surface area contributed by atoms with Crippen LogP contribution in [0.25, 0.3) is 0 Å². The number of anilines is 2. The highest BCUT2D eigenvalue weighted by Gasteiger charge is 2.34. The number of likely N-dealkylation sites (N-methyl/N-ethyl adjacent to an activating group) is 1. The summed E-state index contributed by atoms with van der Waals surface area (Å²) in [7, 11) is 1.38. The first-order valence-electron chi connectivity index (χ1n) is 4.71. The lowest BCUT2D eigenvalue weighted by Gasteiger charge is -2.27. The Morgan fingerprint density at radius 3 is 2.65 bits per heavy atom. The number of hydrogen-bond donors (Lipinski definition) is 1. The summed E-state index contributed by atoms with van der Waals surface area (Å²) in [5.74, 6) is -0.309. The van der Waals surface area contributed by atoms with Crippen molar-refractivity contribution in [3.63, 3.8) is 0 Å². The van der Waals surface area contributed by atoms with E-state index in [1.54, 1.807) is 0 Å². The number of carbonyl (C=O) groups excluding carboxylic acids is 1. The fraction of sp³-hybridized carbons (Fsp3) is 0.300. The van der Waals surface area contributed by atoms with E-state index in [1.165, 1.54) is 7.05 Å². The summed E-state index contributed by atoms with van der Waals surface area (Å²) in [6.07, 6.45) is -4.51. The highest BCUT2D eigenvalue weighted by Crippen LogP contribution is 2.42. The third-order valence-corrected chi connectivity index (χ3v) is 2.50. The Kier molecular flexibility index (Phi) is 2.41. The summed E-state index contributed by atoms with van der Waals surface area (Å²) < 4.78 is 42.7. The summed E-state index contributed by atoms with van der Waals surface area (Å²) >= 11 is 0. The molecule has 1 amide bonds. The molecule has 92 valence electrons. The molecule has 0 aliphatic carbocycles. The Morgan fingerprint density at radius 1 is 1.41 bits per heavy atom. The second-order valence-electron chi connectivity index (χ2n) is 3.65. The van der Waals surface area contributed by atoms with Gasteiger partial charge >= 0.3 is 6.18 Å². The maximum absolute atomic E-state index is 12.6. The third-order valence-electron chi connectivity index (χ3n) is 2.50. The van der Waals surface area contributed by atoms with Gasteiger partial charge in [0, 0.05) is 7.05 Å². The van der Waals surface area contributed by atoms with Crippen molar-refractivity contribution in [3.05, 3.63) is 17.7 Å². The lowest BCUT2D eigenvalue weighted by atomic mass is 10.1. The van der Waals surface area contributed by atoms with E-state index in [9.17, 15) is 18.0 Å². The van der Waals surface area contributed by atoms with E-state index in [0.29, 0.717) is 0 Å². The molecular formula is C10H9F3N2O2. The minimum atomic E-state index is -4.51. The van der Waals surface area contributed by atoms with Crippen molar-refractivity contribution >= 4 is 17.3 Å². The predicted octanol–water partition coefficient (Wildman–Crippen LogP) is 1.64. The maximum atomic E-state index is 12.6. The molecule has 0 spiro atoms. The van der Waals surface area contributed by atoms with Gasteiger partial charge in [0.05, 0.1) is 16.9 Å². The number of nitrogens with two attached hydrogens (primary N) is 1. The fourth-order valence-corrected chi connectivity index (χ4v) is 1.57. The first-order valence-corrected chi connectivity index (χ1v) is 4.71. The number of rotatable bonds is 0. The minimum absolute atomic E-state index is 0.0357. The zero-order chi connectivity index (χ0) is 12.8. The number of fused-ring (bicyclic) bond motifs is 1. The van der Waals surface area contributed by atoms with Crippen molar-refractivity contribution in [1.29, 1.82) is 0 Å². The smallest absolute Gasteiger partial charge is 0.416 e. The maximum Gasteiger partial charge on any atom is 0.416 e. The zero-order valence-electron chi connectivity index (χ0n) is 8.84. The second kappa shape index (κ2) is 3.54. The number of nitrogen functional groups attached to an aromatic ring is 1. The van der Waals surface area contributed by atoms with Gasteiger partial charge in [-0.1, -0.05) is 0 Å². The summed E-state index contributed by atoms with van der Waals surface area (Å²) in [4.78, 5) is 12.4. The molecule has 0 fully saturated rings. The van der Waals surface area contributed by atoms with Crippen LogP contribution in [0.5, 0.6) is 5.75 Å². The fourth-order valence-electron chi connectivity index (χ4n) is 1.57. The SMILES string of the molecule is CN1C(=O)COc2c(N)cc(C(F)(F)F)cc21. The van der Waals surface area contributed by atoms with Gasteiger partial charge in [0.15, 0.2) is 12.4 Å². The van der Waals surface area contributed by atoms with Gasteiger partial charge in [-0.3, -0.25) is 4.79 Å². The third kappa shape index (κ3) is 1.88. The summed E-state index contributed by atoms with van der Waals surface area (Å²) in [5.41, 5.74) is 4.49. The van der Waals surface area contributed by atoms with Crippen LogP contribution in [-0.2, 0) is 11.0 Å². The largest absolute Gasteiger partial charge is 0.479 e. The van der Waals surface area contributed by atoms with Crippen molar-refractivity contribution in [2.75, 3.05) is 24.3 Å². The lowest BCUT2D eigenvalue weighted by Crippen LogP contribution is -2.36. The Bertz CT molecular complexity index is 485. The van der Waals surface area contributed by atoms with Gasteiger partial charge in [0.2, 0.25) is 0 Å². The minimum Gasteiger partial charge on any atom is -0.479 e. The molecule has 17 heavy (non-hydrogen) atoms. The lowest BCUT2D eigenvalue weighted by molar-refractivity contribution is -0.137. The molecule has 7 heteroatoms. The number of carbonyl (C=O) groups is 1. The normalized spacial score (nSPS) is 15.5. The summed E-state index contributed by atoms with van der Waals surface area (Å²) in [5, 5.41) is 0. The van der Waals surface area contributed by atoms with Crippen LogP contribution in [0.4, 0.5) is 24.5 Å². The van der Waals surface area contributed by atoms with Gasteiger partial charge < -0.3 is 15.4 Å². The Balaban J connectivity index is 2.59. The Morgan fingerprint density at radius 2 is 2.06 bits per heavy atom. The molecular weight excluding hydrogens is 237 g/mol. The standard InChI is InChI=1S/C10H9F3N2O2/c1-15-7-3-5(10(11,12)13)2-6(14)9(7)17-4-8(15)16/h2-3H,4,14H2,1H3. The Labute approximate surface area is 94.8 Å². The van der Waals surface area contributed by atoms with Gasteiger partial charge in [-0.05, 0) is 12.1 Å². The molecule has 0 aromatic heterocycles. The molecule has 2 N–H and O–H groups in total. The van der Waals surface area contributed by atoms with Gasteiger partial charge in [0.25, 0.3) is 5.91 Å². The zero-order valence-corrected chi connectivity index (χ0v) is 8.84. The number of benzene rings is 1. The average Bonchev–Trinajstić information content (AvgIpc) is 2.22. The van der Waals surface area contributed by atoms with E-state index in [4.69, 9.17) is 10.5 Å². The first kappa shape index (κ1) is 11.6. The molecule has 0 bridgehead atoms. The molecule has 0 saturated heterocycles. The van der Waals surface area contributed by atoms with Gasteiger partial charge in [-0.2, -0.15) is 13.2 Å². The molecule has 1 aromatic rings. The van der Waals surface area contributed by atoms with Crippen LogP contribution in [0.2, 0.25) is 0 Å². The van der Waals surface area contributed by atoms with E-state index >= 15 is 0 Å². The van der Waals surface area contributed by atoms with Crippen molar-refractivity contribution < 1.29 is 22.7 Å². The van der Waals surface area contributed by atoms with Gasteiger partial charge in [0.1, 0.15) is 0 Å². The van der Waals surface area contributed by atoms with Crippen molar-refractivity contribution in [2.45, 2.75) is 6.18 Å². The van der Waals surface area contributed by atoms with Gasteiger partial charge in [-0.25, -0.2) is 0 Å². The van der Waals surface area contributed by atoms with E-state index in [1.807, 2.05) is 0 Å². The first-order chi connectivity index (χ1) is 7.80. The predicted molar refractivity (Wildman–Crippen MR) is 54.8 cm³/mol. The molecule has 1 aliphatic heterocycles. The molecule has 0 radical (unpaired) electrons. The average molecular weight is 246 g/mol. The number of amides is 1. The molecule has 1 heterocycles. The number of alkyl halides is 3. The second-order valence-corrected chi connectivity index (χ2v) is 3.65. The quantitative estimate of drug-likeness (QED) is 0.708. The molecule has 0 saturated carbocycles. The number of nitrogens with zero attached hydrogens (tertiary/aromatic N) is 1. The van der Waals surface area contributed by atoms with Crippen LogP contribution in [0.15, 0.2) is 12.1 Å². The number of hydrogen-bond acceptors (Lipinski definition) is 3. The van der Waals surface area contributed by atoms with Crippen LogP contribution in [0.3, 0.4) is 0 Å². The molecule has 4 nitrogen and oxygen atoms in total. The molecule has 0 unspecified atom stereocenters. The topological polar surface area (TPSA) is 55.6 Å². The van der Waals surface area contributed by atoms with Crippen molar-refractivity contribution in [2.24, 2.45) is 0 Å². The number of halogens is 3. The monoisotopic (exact) mass is 246 g/mol. The van der Waals surface area contributed by atoms with Crippen molar-refractivity contribution in [3.8, 4) is 5.75 Å². The molecule has 0 atom stereocenters. The summed E-state index contributed by atoms with van der Waals surface area (Å²) in [6, 6.07) is 1.64. The van der Waals surface area contributed by atoms with Crippen LogP contribution < -0.4 is 15.4 Å². The van der Waals surface area contributed by atoms with Crippen LogP contribution >= 0.6 is 0 Å². The van der Waals surface area contributed by atoms with E-state index in [2.05, 4.69) is 0 Å². The van der Waals surface area contributed by atoms with E-state index in [0.717, 1.165) is 17.0 Å². The van der Waals surface area contributed by atoms with Crippen LogP contribution in [-0.4, -0.2) is 19.6 Å². The molecule has 2 rings (SSSR count). The van der Waals surface area contributed by atoms with Crippen LogP contribution in [0, 0.1) is 0 Å². The Hall–Kier alpha value is -1.92. The summed E-state index contributed by atoms with van der Waals surface area (Å²) in [6.45, 7) is -0.223. The number of ether oxygens (including phenoxy) is 1. The van der Waals surface area contributed by atoms with Gasteiger partial charge in [-0.15, -0.1) is 0 Å². The van der Waals surface area contributed by atoms with E-state index < -0.39 is 17.6 Å².